The van der Waals surface area contributed by atoms with Crippen molar-refractivity contribution in [2.45, 2.75) is 18.6 Å². The van der Waals surface area contributed by atoms with Gasteiger partial charge in [-0.05, 0) is 0 Å². The van der Waals surface area contributed by atoms with E-state index in [0.29, 0.717) is 6.54 Å². The van der Waals surface area contributed by atoms with Crippen LogP contribution in [0.15, 0.2) is 0 Å². The van der Waals surface area contributed by atoms with Crippen molar-refractivity contribution >= 4 is 11.8 Å². The van der Waals surface area contributed by atoms with Crippen molar-refractivity contribution in [3.63, 3.8) is 0 Å². The van der Waals surface area contributed by atoms with Crippen molar-refractivity contribution in [2.75, 3.05) is 12.3 Å². The molecule has 0 heterocycles. The Morgan fingerprint density at radius 2 is 2.11 bits per heavy atom. The summed E-state index contributed by atoms with van der Waals surface area (Å²) in [5, 5.41) is 0.152. The number of hydrogen-bond acceptors (Lipinski definition) is 2. The van der Waals surface area contributed by atoms with Crippen molar-refractivity contribution < 1.29 is 8.78 Å². The minimum atomic E-state index is -2.20. The summed E-state index contributed by atoms with van der Waals surface area (Å²) in [5.41, 5.74) is 5.19. The first-order valence-electron chi connectivity index (χ1n) is 2.76. The fourth-order valence-corrected chi connectivity index (χ4v) is 0.915. The zero-order valence-electron chi connectivity index (χ0n) is 5.31. The average Bonchev–Trinajstić information content (AvgIpc) is 1.83. The Hall–Kier alpha value is 0.170. The number of rotatable bonds is 4. The van der Waals surface area contributed by atoms with Gasteiger partial charge in [-0.3, -0.25) is 0 Å². The molecule has 0 aromatic carbocycles. The summed E-state index contributed by atoms with van der Waals surface area (Å²) in [5.74, 6) is -0.0988. The van der Waals surface area contributed by atoms with Crippen molar-refractivity contribution in [1.29, 1.82) is 0 Å². The van der Waals surface area contributed by atoms with Crippen molar-refractivity contribution in [2.24, 2.45) is 5.73 Å². The predicted molar refractivity (Wildman–Crippen MR) is 37.0 cm³/mol. The highest BCUT2D eigenvalue weighted by Crippen LogP contribution is 2.12. The van der Waals surface area contributed by atoms with Gasteiger partial charge in [-0.1, -0.05) is 6.92 Å². The van der Waals surface area contributed by atoms with E-state index in [2.05, 4.69) is 0 Å². The van der Waals surface area contributed by atoms with Crippen LogP contribution in [0.5, 0.6) is 0 Å². The highest BCUT2D eigenvalue weighted by Gasteiger charge is 2.05. The van der Waals surface area contributed by atoms with Gasteiger partial charge in [-0.25, -0.2) is 8.78 Å². The Labute approximate surface area is 58.0 Å². The number of hydrogen-bond donors (Lipinski definition) is 1. The van der Waals surface area contributed by atoms with Gasteiger partial charge in [0.05, 0.1) is 5.75 Å². The molecule has 1 atom stereocenters. The average molecular weight is 155 g/mol. The normalized spacial score (nSPS) is 14.3. The first-order valence-corrected chi connectivity index (χ1v) is 3.81. The van der Waals surface area contributed by atoms with Crippen molar-refractivity contribution in [3.05, 3.63) is 0 Å². The molecular weight excluding hydrogens is 144 g/mol. The van der Waals surface area contributed by atoms with Crippen LogP contribution in [0.4, 0.5) is 8.78 Å². The molecule has 4 heteroatoms. The second kappa shape index (κ2) is 4.99. The molecule has 9 heavy (non-hydrogen) atoms. The second-order valence-corrected chi connectivity index (χ2v) is 3.24. The first-order chi connectivity index (χ1) is 4.16. The SMILES string of the molecule is CC(CN)SCC(F)F. The molecule has 0 radical (unpaired) electrons. The summed E-state index contributed by atoms with van der Waals surface area (Å²) >= 11 is 1.21. The summed E-state index contributed by atoms with van der Waals surface area (Å²) in [4.78, 5) is 0. The summed E-state index contributed by atoms with van der Waals surface area (Å²) in [7, 11) is 0. The standard InChI is InChI=1S/C5H11F2NS/c1-4(2-8)9-3-5(6)7/h4-5H,2-3,8H2,1H3. The molecule has 0 saturated carbocycles. The molecule has 56 valence electrons. The highest BCUT2D eigenvalue weighted by atomic mass is 32.2. The van der Waals surface area contributed by atoms with E-state index in [1.165, 1.54) is 11.8 Å². The van der Waals surface area contributed by atoms with Crippen LogP contribution in [0, 0.1) is 0 Å². The lowest BCUT2D eigenvalue weighted by Crippen LogP contribution is -2.14. The Morgan fingerprint density at radius 3 is 2.44 bits per heavy atom. The first kappa shape index (κ1) is 9.17. The maximum Gasteiger partial charge on any atom is 0.247 e. The molecule has 0 spiro atoms. The summed E-state index contributed by atoms with van der Waals surface area (Å²) in [6.07, 6.45) is -2.20. The molecule has 0 aliphatic carbocycles. The Balaban J connectivity index is 3.06. The summed E-state index contributed by atoms with van der Waals surface area (Å²) in [6, 6.07) is 0. The number of thioether (sulfide) groups is 1. The van der Waals surface area contributed by atoms with E-state index in [0.717, 1.165) is 0 Å². The van der Waals surface area contributed by atoms with E-state index in [9.17, 15) is 8.78 Å². The van der Waals surface area contributed by atoms with Crippen LogP contribution in [0.2, 0.25) is 0 Å². The smallest absolute Gasteiger partial charge is 0.247 e. The topological polar surface area (TPSA) is 26.0 Å². The van der Waals surface area contributed by atoms with Crippen LogP contribution < -0.4 is 5.73 Å². The number of halogens is 2. The van der Waals surface area contributed by atoms with Gasteiger partial charge in [0, 0.05) is 11.8 Å². The maximum absolute atomic E-state index is 11.5. The molecule has 0 aliphatic heterocycles. The van der Waals surface area contributed by atoms with Gasteiger partial charge >= 0.3 is 0 Å². The van der Waals surface area contributed by atoms with E-state index in [-0.39, 0.29) is 11.0 Å². The second-order valence-electron chi connectivity index (χ2n) is 1.77. The number of nitrogens with two attached hydrogens (primary N) is 1. The molecule has 0 aromatic rings. The molecule has 0 fully saturated rings. The van der Waals surface area contributed by atoms with Crippen LogP contribution in [0.3, 0.4) is 0 Å². The van der Waals surface area contributed by atoms with Gasteiger partial charge in [0.2, 0.25) is 6.43 Å². The minimum Gasteiger partial charge on any atom is -0.329 e. The Morgan fingerprint density at radius 1 is 1.56 bits per heavy atom. The molecule has 1 nitrogen and oxygen atoms in total. The molecule has 2 N–H and O–H groups in total. The minimum absolute atomic E-state index is 0.0988. The van der Waals surface area contributed by atoms with E-state index in [1.54, 1.807) is 0 Å². The summed E-state index contributed by atoms with van der Waals surface area (Å²) in [6.45, 7) is 2.31. The van der Waals surface area contributed by atoms with E-state index in [1.807, 2.05) is 6.92 Å². The largest absolute Gasteiger partial charge is 0.329 e. The van der Waals surface area contributed by atoms with Crippen molar-refractivity contribution in [3.8, 4) is 0 Å². The zero-order chi connectivity index (χ0) is 7.28. The van der Waals surface area contributed by atoms with E-state index in [4.69, 9.17) is 5.73 Å². The van der Waals surface area contributed by atoms with E-state index >= 15 is 0 Å². The van der Waals surface area contributed by atoms with Crippen LogP contribution >= 0.6 is 11.8 Å². The third-order valence-corrected chi connectivity index (χ3v) is 2.04. The lowest BCUT2D eigenvalue weighted by Gasteiger charge is -2.05. The zero-order valence-corrected chi connectivity index (χ0v) is 6.13. The summed E-state index contributed by atoms with van der Waals surface area (Å²) < 4.78 is 22.9. The lowest BCUT2D eigenvalue weighted by molar-refractivity contribution is 0.176. The molecule has 1 unspecified atom stereocenters. The van der Waals surface area contributed by atoms with Gasteiger partial charge in [-0.15, -0.1) is 0 Å². The molecule has 0 bridgehead atoms. The fraction of sp³-hybridized carbons (Fsp3) is 1.00. The monoisotopic (exact) mass is 155 g/mol. The molecule has 0 amide bonds. The molecule has 0 saturated heterocycles. The van der Waals surface area contributed by atoms with Crippen LogP contribution in [-0.4, -0.2) is 24.0 Å². The molecule has 0 aliphatic rings. The quantitative estimate of drug-likeness (QED) is 0.662. The van der Waals surface area contributed by atoms with Gasteiger partial charge in [0.15, 0.2) is 0 Å². The van der Waals surface area contributed by atoms with Gasteiger partial charge < -0.3 is 5.73 Å². The van der Waals surface area contributed by atoms with Crippen LogP contribution in [0.25, 0.3) is 0 Å². The third-order valence-electron chi connectivity index (χ3n) is 0.839. The van der Waals surface area contributed by atoms with Crippen molar-refractivity contribution in [1.82, 2.24) is 0 Å². The van der Waals surface area contributed by atoms with Crippen LogP contribution in [-0.2, 0) is 0 Å². The lowest BCUT2D eigenvalue weighted by atomic mass is 10.5. The highest BCUT2D eigenvalue weighted by molar-refractivity contribution is 7.99. The fourth-order valence-electron chi connectivity index (χ4n) is 0.305. The maximum atomic E-state index is 11.5. The molecular formula is C5H11F2NS. The van der Waals surface area contributed by atoms with Gasteiger partial charge in [0.1, 0.15) is 0 Å². The van der Waals surface area contributed by atoms with Gasteiger partial charge in [-0.2, -0.15) is 11.8 Å². The number of alkyl halides is 2. The van der Waals surface area contributed by atoms with E-state index < -0.39 is 6.43 Å². The Kier molecular flexibility index (Phi) is 5.09. The predicted octanol–water partition coefficient (Wildman–Crippen LogP) is 1.33. The third kappa shape index (κ3) is 6.05. The molecule has 0 rings (SSSR count). The molecule has 0 aromatic heterocycles. The Bertz CT molecular complexity index is 70.0. The van der Waals surface area contributed by atoms with Crippen LogP contribution in [0.1, 0.15) is 6.92 Å². The van der Waals surface area contributed by atoms with Gasteiger partial charge in [0.25, 0.3) is 0 Å².